The fourth-order valence-corrected chi connectivity index (χ4v) is 5.36. The SMILES string of the molecule is CCCN1CCc2c(sc3c2c(NC[C@H]2CCCO2)nc2nnnn23)C1. The van der Waals surface area contributed by atoms with Crippen LogP contribution in [0, 0.1) is 0 Å². The zero-order valence-electron chi connectivity index (χ0n) is 14.9. The molecule has 9 heteroatoms. The third-order valence-electron chi connectivity index (χ3n) is 5.27. The summed E-state index contributed by atoms with van der Waals surface area (Å²) in [6, 6.07) is 0. The zero-order chi connectivity index (χ0) is 17.5. The van der Waals surface area contributed by atoms with Gasteiger partial charge in [-0.1, -0.05) is 12.0 Å². The van der Waals surface area contributed by atoms with E-state index in [1.807, 2.05) is 0 Å². The second-order valence-corrected chi connectivity index (χ2v) is 8.16. The fraction of sp³-hybridized carbons (Fsp3) is 0.647. The third-order valence-corrected chi connectivity index (χ3v) is 6.46. The van der Waals surface area contributed by atoms with E-state index in [0.717, 1.165) is 62.7 Å². The van der Waals surface area contributed by atoms with Gasteiger partial charge in [0.1, 0.15) is 10.6 Å². The van der Waals surface area contributed by atoms with Crippen LogP contribution in [0.1, 0.15) is 36.6 Å². The fourth-order valence-electron chi connectivity index (χ4n) is 4.03. The largest absolute Gasteiger partial charge is 0.376 e. The molecule has 0 saturated carbocycles. The first-order chi connectivity index (χ1) is 12.8. The number of aromatic nitrogens is 5. The lowest BCUT2D eigenvalue weighted by Crippen LogP contribution is -2.30. The molecule has 3 aromatic rings. The van der Waals surface area contributed by atoms with Gasteiger partial charge < -0.3 is 10.1 Å². The maximum absolute atomic E-state index is 5.75. The maximum atomic E-state index is 5.75. The van der Waals surface area contributed by atoms with Crippen LogP contribution in [0.2, 0.25) is 0 Å². The number of fused-ring (bicyclic) bond motifs is 5. The smallest absolute Gasteiger partial charge is 0.276 e. The van der Waals surface area contributed by atoms with E-state index < -0.39 is 0 Å². The van der Waals surface area contributed by atoms with Crippen LogP contribution < -0.4 is 5.32 Å². The summed E-state index contributed by atoms with van der Waals surface area (Å²) < 4.78 is 7.53. The lowest BCUT2D eigenvalue weighted by molar-refractivity contribution is 0.120. The van der Waals surface area contributed by atoms with Gasteiger partial charge in [-0.3, -0.25) is 4.90 Å². The van der Waals surface area contributed by atoms with Gasteiger partial charge in [0.15, 0.2) is 0 Å². The summed E-state index contributed by atoms with van der Waals surface area (Å²) in [7, 11) is 0. The Bertz CT molecular complexity index is 930. The van der Waals surface area contributed by atoms with Gasteiger partial charge in [0.05, 0.1) is 11.5 Å². The lowest BCUT2D eigenvalue weighted by Gasteiger charge is -2.26. The molecule has 138 valence electrons. The zero-order valence-corrected chi connectivity index (χ0v) is 15.8. The van der Waals surface area contributed by atoms with E-state index in [2.05, 4.69) is 32.7 Å². The van der Waals surface area contributed by atoms with Gasteiger partial charge in [-0.2, -0.15) is 9.50 Å². The third kappa shape index (κ3) is 2.74. The van der Waals surface area contributed by atoms with E-state index in [9.17, 15) is 0 Å². The van der Waals surface area contributed by atoms with Crippen LogP contribution in [0.25, 0.3) is 16.0 Å². The van der Waals surface area contributed by atoms with E-state index in [1.165, 1.54) is 22.2 Å². The Morgan fingerprint density at radius 2 is 2.35 bits per heavy atom. The number of rotatable bonds is 5. The Morgan fingerprint density at radius 1 is 1.38 bits per heavy atom. The molecule has 1 saturated heterocycles. The number of thiophene rings is 1. The average Bonchev–Trinajstić information content (AvgIpc) is 3.38. The molecule has 0 amide bonds. The first-order valence-electron chi connectivity index (χ1n) is 9.43. The minimum Gasteiger partial charge on any atom is -0.376 e. The van der Waals surface area contributed by atoms with Gasteiger partial charge in [0.2, 0.25) is 0 Å². The van der Waals surface area contributed by atoms with Crippen molar-refractivity contribution in [1.82, 2.24) is 29.9 Å². The van der Waals surface area contributed by atoms with Crippen LogP contribution >= 0.6 is 11.3 Å². The number of nitrogens with one attached hydrogen (secondary N) is 1. The van der Waals surface area contributed by atoms with Crippen LogP contribution in [0.15, 0.2) is 0 Å². The van der Waals surface area contributed by atoms with Crippen LogP contribution in [0.5, 0.6) is 0 Å². The van der Waals surface area contributed by atoms with Crippen LogP contribution in [-0.4, -0.2) is 62.3 Å². The molecule has 5 rings (SSSR count). The highest BCUT2D eigenvalue weighted by Gasteiger charge is 2.26. The van der Waals surface area contributed by atoms with E-state index in [4.69, 9.17) is 9.72 Å². The van der Waals surface area contributed by atoms with Crippen molar-refractivity contribution in [3.8, 4) is 0 Å². The Kier molecular flexibility index (Phi) is 4.22. The Labute approximate surface area is 155 Å². The van der Waals surface area contributed by atoms with E-state index in [0.29, 0.717) is 5.78 Å². The van der Waals surface area contributed by atoms with Crippen molar-refractivity contribution < 1.29 is 4.74 Å². The van der Waals surface area contributed by atoms with Crippen LogP contribution in [0.4, 0.5) is 5.82 Å². The van der Waals surface area contributed by atoms with Gasteiger partial charge in [0.25, 0.3) is 5.78 Å². The number of hydrogen-bond donors (Lipinski definition) is 1. The Hall–Kier alpha value is -1.84. The predicted octanol–water partition coefficient (Wildman–Crippen LogP) is 2.09. The van der Waals surface area contributed by atoms with Crippen LogP contribution in [0.3, 0.4) is 0 Å². The Balaban J connectivity index is 1.56. The minimum absolute atomic E-state index is 0.272. The molecule has 1 N–H and O–H groups in total. The highest BCUT2D eigenvalue weighted by Crippen LogP contribution is 2.38. The van der Waals surface area contributed by atoms with E-state index in [1.54, 1.807) is 15.9 Å². The van der Waals surface area contributed by atoms with Crippen LogP contribution in [-0.2, 0) is 17.7 Å². The standard InChI is InChI=1S/C17H23N7OS/c1-2-6-23-7-5-12-13(10-23)26-16-14(12)15(18-9-11-4-3-8-25-11)19-17-20-21-22-24(16)17/h11H,2-10H2,1H3,(H,18,19,20,22)/t11-/m1/s1. The van der Waals surface area contributed by atoms with Crippen molar-refractivity contribution in [3.63, 3.8) is 0 Å². The van der Waals surface area contributed by atoms with E-state index >= 15 is 0 Å². The molecule has 5 heterocycles. The minimum atomic E-state index is 0.272. The summed E-state index contributed by atoms with van der Waals surface area (Å²) in [5, 5.41) is 16.8. The molecule has 0 aliphatic carbocycles. The molecule has 0 bridgehead atoms. The summed E-state index contributed by atoms with van der Waals surface area (Å²) in [5.74, 6) is 1.45. The van der Waals surface area contributed by atoms with Crippen molar-refractivity contribution >= 4 is 33.1 Å². The van der Waals surface area contributed by atoms with Crippen molar-refractivity contribution in [2.24, 2.45) is 0 Å². The number of hydrogen-bond acceptors (Lipinski definition) is 8. The molecule has 0 spiro atoms. The van der Waals surface area contributed by atoms with Gasteiger partial charge in [-0.15, -0.1) is 11.3 Å². The van der Waals surface area contributed by atoms with Crippen molar-refractivity contribution in [3.05, 3.63) is 10.4 Å². The lowest BCUT2D eigenvalue weighted by atomic mass is 10.0. The highest BCUT2D eigenvalue weighted by atomic mass is 32.1. The summed E-state index contributed by atoms with van der Waals surface area (Å²) in [5.41, 5.74) is 1.41. The summed E-state index contributed by atoms with van der Waals surface area (Å²) >= 11 is 1.80. The normalized spacial score (nSPS) is 20.9. The van der Waals surface area contributed by atoms with E-state index in [-0.39, 0.29) is 6.10 Å². The summed E-state index contributed by atoms with van der Waals surface area (Å²) in [6.07, 6.45) is 4.77. The molecular weight excluding hydrogens is 350 g/mol. The van der Waals surface area contributed by atoms with Gasteiger partial charge in [0, 0.05) is 31.1 Å². The predicted molar refractivity (Wildman–Crippen MR) is 101 cm³/mol. The first-order valence-corrected chi connectivity index (χ1v) is 10.3. The second-order valence-electron chi connectivity index (χ2n) is 7.08. The average molecular weight is 373 g/mol. The monoisotopic (exact) mass is 373 g/mol. The highest BCUT2D eigenvalue weighted by molar-refractivity contribution is 7.19. The molecule has 26 heavy (non-hydrogen) atoms. The number of ether oxygens (including phenoxy) is 1. The molecule has 2 aliphatic heterocycles. The molecule has 3 aromatic heterocycles. The number of nitrogens with zero attached hydrogens (tertiary/aromatic N) is 6. The molecule has 0 unspecified atom stereocenters. The molecule has 1 atom stereocenters. The molecular formula is C17H23N7OS. The van der Waals surface area contributed by atoms with Gasteiger partial charge in [-0.25, -0.2) is 0 Å². The van der Waals surface area contributed by atoms with Crippen molar-refractivity contribution in [2.45, 2.75) is 45.3 Å². The molecule has 8 nitrogen and oxygen atoms in total. The Morgan fingerprint density at radius 3 is 3.19 bits per heavy atom. The number of anilines is 1. The quantitative estimate of drug-likeness (QED) is 0.733. The second kappa shape index (κ2) is 6.71. The molecule has 1 fully saturated rings. The first kappa shape index (κ1) is 16.3. The summed E-state index contributed by atoms with van der Waals surface area (Å²) in [4.78, 5) is 9.76. The number of tetrazole rings is 1. The summed E-state index contributed by atoms with van der Waals surface area (Å²) in [6.45, 7) is 7.15. The molecule has 2 aliphatic rings. The molecule has 0 aromatic carbocycles. The van der Waals surface area contributed by atoms with Gasteiger partial charge >= 0.3 is 0 Å². The molecule has 0 radical (unpaired) electrons. The van der Waals surface area contributed by atoms with Crippen molar-refractivity contribution in [2.75, 3.05) is 31.6 Å². The maximum Gasteiger partial charge on any atom is 0.276 e. The topological polar surface area (TPSA) is 80.5 Å². The van der Waals surface area contributed by atoms with Crippen molar-refractivity contribution in [1.29, 1.82) is 0 Å². The van der Waals surface area contributed by atoms with Gasteiger partial charge in [-0.05, 0) is 48.2 Å².